The number of halogens is 3. The van der Waals surface area contributed by atoms with Gasteiger partial charge in [-0.3, -0.25) is 0 Å². The second-order valence-corrected chi connectivity index (χ2v) is 4.71. The molecule has 0 spiro atoms. The minimum absolute atomic E-state index is 0.00167. The number of rotatable bonds is 4. The van der Waals surface area contributed by atoms with Crippen LogP contribution in [0, 0.1) is 11.6 Å². The van der Waals surface area contributed by atoms with Crippen LogP contribution in [0.2, 0.25) is 5.02 Å². The molecule has 2 aromatic rings. The minimum Gasteiger partial charge on any atom is -0.467 e. The highest BCUT2D eigenvalue weighted by molar-refractivity contribution is 6.30. The van der Waals surface area contributed by atoms with Gasteiger partial charge in [-0.25, -0.2) is 13.6 Å². The second-order valence-electron chi connectivity index (χ2n) is 4.27. The van der Waals surface area contributed by atoms with E-state index in [1.165, 1.54) is 13.2 Å². The topological polar surface area (TPSA) is 38.3 Å². The van der Waals surface area contributed by atoms with Crippen LogP contribution in [0.4, 0.5) is 14.5 Å². The Labute approximate surface area is 125 Å². The lowest BCUT2D eigenvalue weighted by molar-refractivity contribution is -0.141. The van der Waals surface area contributed by atoms with E-state index in [-0.39, 0.29) is 5.56 Å². The number of hydrogen-bond acceptors (Lipinski definition) is 3. The zero-order chi connectivity index (χ0) is 15.4. The van der Waals surface area contributed by atoms with Crippen molar-refractivity contribution in [3.8, 4) is 0 Å². The summed E-state index contributed by atoms with van der Waals surface area (Å²) in [5, 5.41) is 3.37. The fourth-order valence-electron chi connectivity index (χ4n) is 1.83. The first-order valence-corrected chi connectivity index (χ1v) is 6.44. The molecule has 1 unspecified atom stereocenters. The van der Waals surface area contributed by atoms with Gasteiger partial charge in [0.25, 0.3) is 0 Å². The molecule has 0 bridgehead atoms. The van der Waals surface area contributed by atoms with E-state index in [0.717, 1.165) is 12.1 Å². The summed E-state index contributed by atoms with van der Waals surface area (Å²) < 4.78 is 31.5. The highest BCUT2D eigenvalue weighted by Gasteiger charge is 2.24. The molecule has 110 valence electrons. The fraction of sp³-hybridized carbons (Fsp3) is 0.133. The van der Waals surface area contributed by atoms with Gasteiger partial charge in [-0.2, -0.15) is 0 Å². The van der Waals surface area contributed by atoms with Crippen LogP contribution in [0.1, 0.15) is 11.6 Å². The average molecular weight is 312 g/mol. The van der Waals surface area contributed by atoms with Crippen LogP contribution in [0.3, 0.4) is 0 Å². The molecule has 0 aromatic heterocycles. The van der Waals surface area contributed by atoms with Gasteiger partial charge in [0.15, 0.2) is 6.04 Å². The first-order valence-electron chi connectivity index (χ1n) is 6.06. The van der Waals surface area contributed by atoms with Gasteiger partial charge in [0, 0.05) is 22.3 Å². The van der Waals surface area contributed by atoms with Gasteiger partial charge in [0.2, 0.25) is 0 Å². The van der Waals surface area contributed by atoms with Crippen LogP contribution in [-0.4, -0.2) is 13.1 Å². The summed E-state index contributed by atoms with van der Waals surface area (Å²) in [6.07, 6.45) is 0. The summed E-state index contributed by atoms with van der Waals surface area (Å²) in [6, 6.07) is 8.44. The fourth-order valence-corrected chi connectivity index (χ4v) is 1.96. The van der Waals surface area contributed by atoms with Crippen molar-refractivity contribution in [2.24, 2.45) is 0 Å². The van der Waals surface area contributed by atoms with Crippen LogP contribution in [-0.2, 0) is 9.53 Å². The standard InChI is InChI=1S/C15H12ClF2NO2/c1-21-15(20)14(12-7-4-10(17)8-13(12)18)19-11-5-2-9(16)3-6-11/h2-8,14,19H,1H3. The Morgan fingerprint density at radius 2 is 1.86 bits per heavy atom. The van der Waals surface area contributed by atoms with Crippen molar-refractivity contribution in [1.82, 2.24) is 0 Å². The Bertz CT molecular complexity index is 647. The maximum atomic E-state index is 13.9. The lowest BCUT2D eigenvalue weighted by Gasteiger charge is -2.18. The van der Waals surface area contributed by atoms with Gasteiger partial charge in [-0.05, 0) is 30.3 Å². The van der Waals surface area contributed by atoms with Gasteiger partial charge in [0.1, 0.15) is 11.6 Å². The molecule has 6 heteroatoms. The number of methoxy groups -OCH3 is 1. The lowest BCUT2D eigenvalue weighted by Crippen LogP contribution is -2.23. The number of ether oxygens (including phenoxy) is 1. The lowest BCUT2D eigenvalue weighted by atomic mass is 10.1. The van der Waals surface area contributed by atoms with Crippen LogP contribution in [0.5, 0.6) is 0 Å². The second kappa shape index (κ2) is 6.54. The predicted octanol–water partition coefficient (Wildman–Crippen LogP) is 3.94. The first kappa shape index (κ1) is 15.3. The number of hydrogen-bond donors (Lipinski definition) is 1. The normalized spacial score (nSPS) is 11.8. The van der Waals surface area contributed by atoms with Gasteiger partial charge < -0.3 is 10.1 Å². The summed E-state index contributed by atoms with van der Waals surface area (Å²) in [4.78, 5) is 11.8. The van der Waals surface area contributed by atoms with Crippen molar-refractivity contribution >= 4 is 23.3 Å². The molecule has 0 aliphatic rings. The Balaban J connectivity index is 2.34. The number of carbonyl (C=O) groups is 1. The van der Waals surface area contributed by atoms with Crippen molar-refractivity contribution in [3.05, 3.63) is 64.7 Å². The molecule has 21 heavy (non-hydrogen) atoms. The molecule has 0 radical (unpaired) electrons. The van der Waals surface area contributed by atoms with Crippen LogP contribution < -0.4 is 5.32 Å². The van der Waals surface area contributed by atoms with Crippen molar-refractivity contribution in [3.63, 3.8) is 0 Å². The Morgan fingerprint density at radius 1 is 1.19 bits per heavy atom. The summed E-state index contributed by atoms with van der Waals surface area (Å²) in [5.41, 5.74) is 0.553. The summed E-state index contributed by atoms with van der Waals surface area (Å²) in [6.45, 7) is 0. The van der Waals surface area contributed by atoms with E-state index >= 15 is 0 Å². The van der Waals surface area contributed by atoms with Crippen LogP contribution in [0.25, 0.3) is 0 Å². The third-order valence-corrected chi connectivity index (χ3v) is 3.12. The van der Waals surface area contributed by atoms with Crippen LogP contribution in [0.15, 0.2) is 42.5 Å². The maximum absolute atomic E-state index is 13.9. The molecule has 0 fully saturated rings. The van der Waals surface area contributed by atoms with Gasteiger partial charge in [-0.1, -0.05) is 17.7 Å². The maximum Gasteiger partial charge on any atom is 0.333 e. The summed E-state index contributed by atoms with van der Waals surface area (Å²) in [7, 11) is 1.19. The molecular weight excluding hydrogens is 300 g/mol. The number of anilines is 1. The van der Waals surface area contributed by atoms with E-state index in [4.69, 9.17) is 11.6 Å². The Morgan fingerprint density at radius 3 is 2.43 bits per heavy atom. The molecule has 0 aliphatic heterocycles. The van der Waals surface area contributed by atoms with Crippen molar-refractivity contribution in [2.45, 2.75) is 6.04 Å². The molecule has 2 rings (SSSR count). The number of benzene rings is 2. The molecule has 0 aliphatic carbocycles. The molecule has 0 amide bonds. The van der Waals surface area contributed by atoms with E-state index < -0.39 is 23.6 Å². The van der Waals surface area contributed by atoms with E-state index in [9.17, 15) is 13.6 Å². The van der Waals surface area contributed by atoms with Gasteiger partial charge >= 0.3 is 5.97 Å². The zero-order valence-corrected chi connectivity index (χ0v) is 11.8. The van der Waals surface area contributed by atoms with E-state index in [1.807, 2.05) is 0 Å². The molecule has 0 heterocycles. The largest absolute Gasteiger partial charge is 0.467 e. The highest BCUT2D eigenvalue weighted by Crippen LogP contribution is 2.25. The SMILES string of the molecule is COC(=O)C(Nc1ccc(Cl)cc1)c1ccc(F)cc1F. The molecule has 2 aromatic carbocycles. The summed E-state index contributed by atoms with van der Waals surface area (Å²) in [5.74, 6) is -2.23. The van der Waals surface area contributed by atoms with E-state index in [1.54, 1.807) is 24.3 Å². The number of esters is 1. The molecular formula is C15H12ClF2NO2. The van der Waals surface area contributed by atoms with E-state index in [0.29, 0.717) is 10.7 Å². The third kappa shape index (κ3) is 3.70. The molecule has 0 saturated heterocycles. The Kier molecular flexibility index (Phi) is 4.75. The molecule has 3 nitrogen and oxygen atoms in total. The average Bonchev–Trinajstić information content (AvgIpc) is 2.47. The molecule has 0 saturated carbocycles. The number of carbonyl (C=O) groups excluding carboxylic acids is 1. The third-order valence-electron chi connectivity index (χ3n) is 2.87. The van der Waals surface area contributed by atoms with Gasteiger partial charge in [-0.15, -0.1) is 0 Å². The number of nitrogens with one attached hydrogen (secondary N) is 1. The molecule has 1 atom stereocenters. The van der Waals surface area contributed by atoms with Crippen molar-refractivity contribution < 1.29 is 18.3 Å². The highest BCUT2D eigenvalue weighted by atomic mass is 35.5. The predicted molar refractivity (Wildman–Crippen MR) is 76.2 cm³/mol. The first-order chi connectivity index (χ1) is 10.0. The van der Waals surface area contributed by atoms with Gasteiger partial charge in [0.05, 0.1) is 7.11 Å². The zero-order valence-electron chi connectivity index (χ0n) is 11.1. The monoisotopic (exact) mass is 311 g/mol. The van der Waals surface area contributed by atoms with Crippen molar-refractivity contribution in [1.29, 1.82) is 0 Å². The Hall–Kier alpha value is -2.14. The van der Waals surface area contributed by atoms with E-state index in [2.05, 4.69) is 10.1 Å². The minimum atomic E-state index is -1.09. The smallest absolute Gasteiger partial charge is 0.333 e. The van der Waals surface area contributed by atoms with Crippen LogP contribution >= 0.6 is 11.6 Å². The summed E-state index contributed by atoms with van der Waals surface area (Å²) >= 11 is 5.78. The quantitative estimate of drug-likeness (QED) is 0.869. The molecule has 1 N–H and O–H groups in total. The van der Waals surface area contributed by atoms with Crippen molar-refractivity contribution in [2.75, 3.05) is 12.4 Å².